The fraction of sp³-hybridized carbons (Fsp3) is 0.0476. The van der Waals surface area contributed by atoms with E-state index in [0.717, 1.165) is 6.07 Å². The van der Waals surface area contributed by atoms with Crippen molar-refractivity contribution in [2.75, 3.05) is 5.32 Å². The first-order valence-corrected chi connectivity index (χ1v) is 8.88. The van der Waals surface area contributed by atoms with Crippen molar-refractivity contribution in [1.29, 1.82) is 0 Å². The van der Waals surface area contributed by atoms with Crippen LogP contribution >= 0.6 is 11.6 Å². The molecule has 0 saturated carbocycles. The summed E-state index contributed by atoms with van der Waals surface area (Å²) in [5.41, 5.74) is 1.45. The molecular weight excluding hydrogens is 396 g/mol. The lowest BCUT2D eigenvalue weighted by atomic mass is 10.1. The average molecular weight is 411 g/mol. The smallest absolute Gasteiger partial charge is 0.340 e. The number of carbonyl (C=O) groups excluding carboxylic acids is 2. The maximum atomic E-state index is 12.2. The van der Waals surface area contributed by atoms with Crippen LogP contribution in [0, 0.1) is 10.1 Å². The zero-order valence-electron chi connectivity index (χ0n) is 15.0. The second kappa shape index (κ2) is 8.99. The third-order valence-electron chi connectivity index (χ3n) is 4.00. The van der Waals surface area contributed by atoms with E-state index in [4.69, 9.17) is 16.3 Å². The van der Waals surface area contributed by atoms with Crippen LogP contribution in [0.3, 0.4) is 0 Å². The summed E-state index contributed by atoms with van der Waals surface area (Å²) in [4.78, 5) is 34.7. The van der Waals surface area contributed by atoms with Crippen LogP contribution in [0.5, 0.6) is 0 Å². The van der Waals surface area contributed by atoms with Gasteiger partial charge in [-0.1, -0.05) is 41.9 Å². The van der Waals surface area contributed by atoms with Gasteiger partial charge in [-0.05, 0) is 35.9 Å². The van der Waals surface area contributed by atoms with Crippen LogP contribution in [0.25, 0.3) is 0 Å². The molecule has 0 atom stereocenters. The van der Waals surface area contributed by atoms with Gasteiger partial charge in [0.25, 0.3) is 11.6 Å². The Kier molecular flexibility index (Phi) is 6.21. The highest BCUT2D eigenvalue weighted by Crippen LogP contribution is 2.23. The van der Waals surface area contributed by atoms with Crippen molar-refractivity contribution in [3.63, 3.8) is 0 Å². The highest BCUT2D eigenvalue weighted by atomic mass is 35.5. The van der Waals surface area contributed by atoms with Crippen molar-refractivity contribution in [1.82, 2.24) is 0 Å². The Bertz CT molecular complexity index is 1050. The molecule has 3 aromatic carbocycles. The summed E-state index contributed by atoms with van der Waals surface area (Å²) in [6.45, 7) is -0.0710. The van der Waals surface area contributed by atoms with Crippen LogP contribution in [0.1, 0.15) is 26.3 Å². The van der Waals surface area contributed by atoms with Crippen molar-refractivity contribution in [3.05, 3.63) is 105 Å². The predicted octanol–water partition coefficient (Wildman–Crippen LogP) is 4.86. The number of anilines is 1. The van der Waals surface area contributed by atoms with Gasteiger partial charge in [0.2, 0.25) is 0 Å². The molecule has 0 spiro atoms. The van der Waals surface area contributed by atoms with Crippen molar-refractivity contribution in [2.24, 2.45) is 0 Å². The van der Waals surface area contributed by atoms with Gasteiger partial charge in [-0.15, -0.1) is 0 Å². The number of hydrogen-bond donors (Lipinski definition) is 1. The zero-order chi connectivity index (χ0) is 20.8. The number of nitrogens with one attached hydrogen (secondary N) is 1. The number of halogens is 1. The van der Waals surface area contributed by atoms with Gasteiger partial charge in [-0.25, -0.2) is 4.79 Å². The van der Waals surface area contributed by atoms with Crippen LogP contribution in [-0.4, -0.2) is 16.8 Å². The maximum Gasteiger partial charge on any atom is 0.340 e. The standard InChI is InChI=1S/C21H15ClN2O5/c22-19-11-10-17(24(27)28)12-18(19)21(26)29-13-14-6-8-15(9-7-14)20(25)23-16-4-2-1-3-5-16/h1-12H,13H2,(H,23,25). The highest BCUT2D eigenvalue weighted by molar-refractivity contribution is 6.33. The summed E-state index contributed by atoms with van der Waals surface area (Å²) in [6.07, 6.45) is 0. The minimum Gasteiger partial charge on any atom is -0.457 e. The molecule has 3 rings (SSSR count). The molecule has 0 aliphatic heterocycles. The van der Waals surface area contributed by atoms with Gasteiger partial charge < -0.3 is 10.1 Å². The fourth-order valence-electron chi connectivity index (χ4n) is 2.49. The van der Waals surface area contributed by atoms with E-state index in [9.17, 15) is 19.7 Å². The van der Waals surface area contributed by atoms with Gasteiger partial charge in [-0.2, -0.15) is 0 Å². The molecule has 0 bridgehead atoms. The second-order valence-electron chi connectivity index (χ2n) is 6.01. The van der Waals surface area contributed by atoms with Crippen molar-refractivity contribution < 1.29 is 19.2 Å². The number of ether oxygens (including phenoxy) is 1. The molecule has 0 saturated heterocycles. The summed E-state index contributed by atoms with van der Waals surface area (Å²) in [5.74, 6) is -1.03. The Hall–Kier alpha value is -3.71. The molecule has 0 unspecified atom stereocenters. The number of para-hydroxylation sites is 1. The van der Waals surface area contributed by atoms with Crippen LogP contribution in [0.15, 0.2) is 72.8 Å². The maximum absolute atomic E-state index is 12.2. The summed E-state index contributed by atoms with van der Waals surface area (Å²) in [5, 5.41) is 13.7. The molecule has 0 heterocycles. The van der Waals surface area contributed by atoms with E-state index in [-0.39, 0.29) is 28.8 Å². The molecule has 146 valence electrons. The Morgan fingerprint density at radius 3 is 2.34 bits per heavy atom. The predicted molar refractivity (Wildman–Crippen MR) is 108 cm³/mol. The van der Waals surface area contributed by atoms with E-state index in [2.05, 4.69) is 5.32 Å². The van der Waals surface area contributed by atoms with Crippen LogP contribution in [0.4, 0.5) is 11.4 Å². The molecule has 7 nitrogen and oxygen atoms in total. The first-order chi connectivity index (χ1) is 13.9. The number of carbonyl (C=O) groups is 2. The number of benzene rings is 3. The number of nitrogens with zero attached hydrogens (tertiary/aromatic N) is 1. The Labute approximate surface area is 171 Å². The van der Waals surface area contributed by atoms with E-state index in [1.165, 1.54) is 12.1 Å². The number of non-ortho nitro benzene ring substituents is 1. The zero-order valence-corrected chi connectivity index (χ0v) is 15.8. The van der Waals surface area contributed by atoms with Gasteiger partial charge in [0, 0.05) is 23.4 Å². The largest absolute Gasteiger partial charge is 0.457 e. The van der Waals surface area contributed by atoms with Gasteiger partial charge in [0.1, 0.15) is 6.61 Å². The number of rotatable bonds is 6. The van der Waals surface area contributed by atoms with Crippen LogP contribution in [-0.2, 0) is 11.3 Å². The fourth-order valence-corrected chi connectivity index (χ4v) is 2.68. The number of amides is 1. The Morgan fingerprint density at radius 2 is 1.69 bits per heavy atom. The number of nitro benzene ring substituents is 1. The van der Waals surface area contributed by atoms with Crippen molar-refractivity contribution in [2.45, 2.75) is 6.61 Å². The van der Waals surface area contributed by atoms with E-state index < -0.39 is 10.9 Å². The molecule has 0 radical (unpaired) electrons. The van der Waals surface area contributed by atoms with Crippen molar-refractivity contribution >= 4 is 34.9 Å². The van der Waals surface area contributed by atoms with Gasteiger partial charge in [0.15, 0.2) is 0 Å². The Morgan fingerprint density at radius 1 is 1.00 bits per heavy atom. The minimum atomic E-state index is -0.774. The summed E-state index contributed by atoms with van der Waals surface area (Å²) in [7, 11) is 0. The Balaban J connectivity index is 1.62. The molecule has 1 N–H and O–H groups in total. The first kappa shape index (κ1) is 20.0. The lowest BCUT2D eigenvalue weighted by Crippen LogP contribution is -2.12. The number of nitro groups is 1. The molecule has 0 aromatic heterocycles. The summed E-state index contributed by atoms with van der Waals surface area (Å²) < 4.78 is 5.18. The van der Waals surface area contributed by atoms with Gasteiger partial charge in [-0.3, -0.25) is 14.9 Å². The molecule has 8 heteroatoms. The minimum absolute atomic E-state index is 0.0635. The highest BCUT2D eigenvalue weighted by Gasteiger charge is 2.17. The average Bonchev–Trinajstić information content (AvgIpc) is 2.73. The third-order valence-corrected chi connectivity index (χ3v) is 4.33. The SMILES string of the molecule is O=C(Nc1ccccc1)c1ccc(COC(=O)c2cc([N+](=O)[O-])ccc2Cl)cc1. The molecule has 0 aliphatic carbocycles. The molecule has 3 aromatic rings. The van der Waals surface area contributed by atoms with Gasteiger partial charge >= 0.3 is 5.97 Å². The molecule has 0 aliphatic rings. The molecule has 0 fully saturated rings. The molecule has 1 amide bonds. The van der Waals surface area contributed by atoms with E-state index >= 15 is 0 Å². The van der Waals surface area contributed by atoms with E-state index in [1.54, 1.807) is 36.4 Å². The monoisotopic (exact) mass is 410 g/mol. The topological polar surface area (TPSA) is 98.5 Å². The quantitative estimate of drug-likeness (QED) is 0.355. The second-order valence-corrected chi connectivity index (χ2v) is 6.42. The number of hydrogen-bond acceptors (Lipinski definition) is 5. The van der Waals surface area contributed by atoms with E-state index in [1.807, 2.05) is 18.2 Å². The molecular formula is C21H15ClN2O5. The van der Waals surface area contributed by atoms with E-state index in [0.29, 0.717) is 16.8 Å². The van der Waals surface area contributed by atoms with Gasteiger partial charge in [0.05, 0.1) is 15.5 Å². The van der Waals surface area contributed by atoms with Crippen LogP contribution in [0.2, 0.25) is 5.02 Å². The lowest BCUT2D eigenvalue weighted by molar-refractivity contribution is -0.384. The lowest BCUT2D eigenvalue weighted by Gasteiger charge is -2.08. The normalized spacial score (nSPS) is 10.2. The summed E-state index contributed by atoms with van der Waals surface area (Å²) in [6, 6.07) is 19.1. The third kappa shape index (κ3) is 5.18. The number of esters is 1. The summed E-state index contributed by atoms with van der Waals surface area (Å²) >= 11 is 5.93. The van der Waals surface area contributed by atoms with Crippen LogP contribution < -0.4 is 5.32 Å². The molecule has 29 heavy (non-hydrogen) atoms. The first-order valence-electron chi connectivity index (χ1n) is 8.50. The van der Waals surface area contributed by atoms with Crippen molar-refractivity contribution in [3.8, 4) is 0 Å².